The highest BCUT2D eigenvalue weighted by atomic mass is 16.5. The Hall–Kier alpha value is -2.33. The Balaban J connectivity index is 2.18. The van der Waals surface area contributed by atoms with Crippen LogP contribution < -0.4 is 16.0 Å². The van der Waals surface area contributed by atoms with Crippen molar-refractivity contribution >= 4 is 5.91 Å². The van der Waals surface area contributed by atoms with Crippen molar-refractivity contribution in [3.05, 3.63) is 65.7 Å². The molecule has 110 valence electrons. The van der Waals surface area contributed by atoms with Gasteiger partial charge in [0.1, 0.15) is 5.75 Å². The molecule has 1 amide bonds. The van der Waals surface area contributed by atoms with E-state index in [0.29, 0.717) is 6.42 Å². The maximum atomic E-state index is 11.7. The maximum absolute atomic E-state index is 11.7. The predicted octanol–water partition coefficient (Wildman–Crippen LogP) is 2.42. The first-order chi connectivity index (χ1) is 10.2. The molecule has 0 aliphatic rings. The van der Waals surface area contributed by atoms with Gasteiger partial charge in [-0.25, -0.2) is 5.84 Å². The van der Waals surface area contributed by atoms with Crippen molar-refractivity contribution in [2.45, 2.75) is 25.9 Å². The van der Waals surface area contributed by atoms with Gasteiger partial charge in [0, 0.05) is 6.42 Å². The van der Waals surface area contributed by atoms with Crippen LogP contribution in [0, 0.1) is 0 Å². The lowest BCUT2D eigenvalue weighted by Gasteiger charge is -2.18. The minimum atomic E-state index is -0.577. The van der Waals surface area contributed by atoms with Crippen LogP contribution in [0.25, 0.3) is 0 Å². The van der Waals surface area contributed by atoms with Gasteiger partial charge in [-0.2, -0.15) is 0 Å². The number of hydrazine groups is 1. The average Bonchev–Trinajstić information content (AvgIpc) is 2.54. The number of hydrogen-bond acceptors (Lipinski definition) is 3. The van der Waals surface area contributed by atoms with Crippen molar-refractivity contribution in [2.75, 3.05) is 0 Å². The number of para-hydroxylation sites is 1. The fraction of sp³-hybridized carbons (Fsp3) is 0.235. The van der Waals surface area contributed by atoms with Gasteiger partial charge >= 0.3 is 0 Å². The van der Waals surface area contributed by atoms with Gasteiger partial charge in [0.2, 0.25) is 0 Å². The molecule has 1 atom stereocenters. The van der Waals surface area contributed by atoms with Crippen LogP contribution in [0.15, 0.2) is 54.6 Å². The van der Waals surface area contributed by atoms with E-state index < -0.39 is 6.10 Å². The van der Waals surface area contributed by atoms with Crippen molar-refractivity contribution in [3.8, 4) is 5.75 Å². The zero-order chi connectivity index (χ0) is 15.1. The fourth-order valence-corrected chi connectivity index (χ4v) is 2.15. The van der Waals surface area contributed by atoms with E-state index in [1.165, 1.54) is 5.56 Å². The second-order valence-electron chi connectivity index (χ2n) is 4.79. The molecule has 2 aromatic rings. The standard InChI is InChI=1S/C17H20N2O2/c1-2-15(17(20)19-18)21-16-11-7-6-10-14(16)12-13-8-4-3-5-9-13/h3-11,15H,2,12,18H2,1H3,(H,19,20). The van der Waals surface area contributed by atoms with Crippen molar-refractivity contribution < 1.29 is 9.53 Å². The van der Waals surface area contributed by atoms with Crippen LogP contribution in [0.2, 0.25) is 0 Å². The van der Waals surface area contributed by atoms with Gasteiger partial charge in [-0.1, -0.05) is 55.5 Å². The van der Waals surface area contributed by atoms with E-state index in [2.05, 4.69) is 17.6 Å². The van der Waals surface area contributed by atoms with E-state index in [1.807, 2.05) is 49.4 Å². The zero-order valence-corrected chi connectivity index (χ0v) is 12.1. The highest BCUT2D eigenvalue weighted by Gasteiger charge is 2.18. The molecule has 2 aromatic carbocycles. The molecule has 0 aromatic heterocycles. The minimum absolute atomic E-state index is 0.313. The van der Waals surface area contributed by atoms with E-state index in [0.717, 1.165) is 17.7 Å². The predicted molar refractivity (Wildman–Crippen MR) is 82.7 cm³/mol. The molecular weight excluding hydrogens is 264 g/mol. The van der Waals surface area contributed by atoms with E-state index >= 15 is 0 Å². The van der Waals surface area contributed by atoms with Crippen LogP contribution in [0.4, 0.5) is 0 Å². The van der Waals surface area contributed by atoms with Crippen molar-refractivity contribution in [3.63, 3.8) is 0 Å². The molecule has 0 fully saturated rings. The van der Waals surface area contributed by atoms with Gasteiger partial charge in [0.25, 0.3) is 5.91 Å². The largest absolute Gasteiger partial charge is 0.480 e. The Morgan fingerprint density at radius 2 is 1.81 bits per heavy atom. The van der Waals surface area contributed by atoms with Crippen molar-refractivity contribution in [2.24, 2.45) is 5.84 Å². The van der Waals surface area contributed by atoms with Crippen LogP contribution in [0.3, 0.4) is 0 Å². The lowest BCUT2D eigenvalue weighted by Crippen LogP contribution is -2.41. The molecule has 0 saturated heterocycles. The number of carbonyl (C=O) groups excluding carboxylic acids is 1. The minimum Gasteiger partial charge on any atom is -0.480 e. The van der Waals surface area contributed by atoms with Gasteiger partial charge in [-0.3, -0.25) is 10.2 Å². The van der Waals surface area contributed by atoms with Gasteiger partial charge in [0.15, 0.2) is 6.10 Å². The Labute approximate surface area is 124 Å². The summed E-state index contributed by atoms with van der Waals surface area (Å²) in [6, 6.07) is 17.9. The summed E-state index contributed by atoms with van der Waals surface area (Å²) in [6.07, 6.45) is 0.743. The quantitative estimate of drug-likeness (QED) is 0.486. The number of nitrogens with two attached hydrogens (primary N) is 1. The highest BCUT2D eigenvalue weighted by molar-refractivity contribution is 5.80. The topological polar surface area (TPSA) is 64.3 Å². The molecule has 0 aliphatic carbocycles. The molecule has 0 aliphatic heterocycles. The summed E-state index contributed by atoms with van der Waals surface area (Å²) >= 11 is 0. The molecule has 0 bridgehead atoms. The first-order valence-electron chi connectivity index (χ1n) is 7.03. The summed E-state index contributed by atoms with van der Waals surface area (Å²) in [6.45, 7) is 1.89. The molecule has 0 saturated carbocycles. The first-order valence-corrected chi connectivity index (χ1v) is 7.03. The molecule has 1 unspecified atom stereocenters. The average molecular weight is 284 g/mol. The van der Waals surface area contributed by atoms with E-state index in [1.54, 1.807) is 0 Å². The van der Waals surface area contributed by atoms with Crippen LogP contribution in [0.5, 0.6) is 5.75 Å². The van der Waals surface area contributed by atoms with Crippen LogP contribution in [-0.2, 0) is 11.2 Å². The molecule has 3 N–H and O–H groups in total. The second-order valence-corrected chi connectivity index (χ2v) is 4.79. The molecule has 0 spiro atoms. The summed E-state index contributed by atoms with van der Waals surface area (Å²) in [7, 11) is 0. The van der Waals surface area contributed by atoms with Gasteiger partial charge < -0.3 is 4.74 Å². The molecule has 21 heavy (non-hydrogen) atoms. The molecule has 0 radical (unpaired) electrons. The van der Waals surface area contributed by atoms with Crippen LogP contribution in [-0.4, -0.2) is 12.0 Å². The molecular formula is C17H20N2O2. The van der Waals surface area contributed by atoms with Crippen LogP contribution >= 0.6 is 0 Å². The van der Waals surface area contributed by atoms with Gasteiger partial charge in [-0.15, -0.1) is 0 Å². The zero-order valence-electron chi connectivity index (χ0n) is 12.1. The Bertz CT molecular complexity index is 584. The number of benzene rings is 2. The summed E-state index contributed by atoms with van der Waals surface area (Å²) in [5, 5.41) is 0. The smallest absolute Gasteiger partial charge is 0.274 e. The van der Waals surface area contributed by atoms with Crippen molar-refractivity contribution in [1.82, 2.24) is 5.43 Å². The number of carbonyl (C=O) groups is 1. The SMILES string of the molecule is CCC(Oc1ccccc1Cc1ccccc1)C(=O)NN. The third kappa shape index (κ3) is 4.07. The summed E-state index contributed by atoms with van der Waals surface area (Å²) in [5.74, 6) is 5.59. The Morgan fingerprint density at radius 1 is 1.14 bits per heavy atom. The molecule has 2 rings (SSSR count). The number of amides is 1. The lowest BCUT2D eigenvalue weighted by atomic mass is 10.0. The number of hydrogen-bond donors (Lipinski definition) is 2. The van der Waals surface area contributed by atoms with E-state index in [4.69, 9.17) is 10.6 Å². The third-order valence-corrected chi connectivity index (χ3v) is 3.28. The lowest BCUT2D eigenvalue weighted by molar-refractivity contribution is -0.128. The Kier molecular flexibility index (Phi) is 5.35. The van der Waals surface area contributed by atoms with E-state index in [-0.39, 0.29) is 5.91 Å². The van der Waals surface area contributed by atoms with Crippen molar-refractivity contribution in [1.29, 1.82) is 0 Å². The number of nitrogens with one attached hydrogen (secondary N) is 1. The Morgan fingerprint density at radius 3 is 2.48 bits per heavy atom. The maximum Gasteiger partial charge on any atom is 0.274 e. The molecule has 4 nitrogen and oxygen atoms in total. The summed E-state index contributed by atoms with van der Waals surface area (Å²) in [4.78, 5) is 11.7. The normalized spacial score (nSPS) is 11.7. The first kappa shape index (κ1) is 15.1. The fourth-order valence-electron chi connectivity index (χ4n) is 2.15. The number of rotatable bonds is 6. The van der Waals surface area contributed by atoms with E-state index in [9.17, 15) is 4.79 Å². The molecule has 4 heteroatoms. The third-order valence-electron chi connectivity index (χ3n) is 3.28. The monoisotopic (exact) mass is 284 g/mol. The highest BCUT2D eigenvalue weighted by Crippen LogP contribution is 2.23. The van der Waals surface area contributed by atoms with Crippen LogP contribution in [0.1, 0.15) is 24.5 Å². The second kappa shape index (κ2) is 7.45. The molecule has 0 heterocycles. The van der Waals surface area contributed by atoms with Gasteiger partial charge in [-0.05, 0) is 23.6 Å². The number of ether oxygens (including phenoxy) is 1. The summed E-state index contributed by atoms with van der Waals surface area (Å²) in [5.41, 5.74) is 4.39. The van der Waals surface area contributed by atoms with Gasteiger partial charge in [0.05, 0.1) is 0 Å². The summed E-state index contributed by atoms with van der Waals surface area (Å²) < 4.78 is 5.83.